The Hall–Kier alpha value is -1.88. The van der Waals surface area contributed by atoms with Gasteiger partial charge in [-0.3, -0.25) is 0 Å². The van der Waals surface area contributed by atoms with Crippen molar-refractivity contribution in [2.24, 2.45) is 7.05 Å². The number of benzene rings is 1. The SMILES string of the molecule is Cn1c(-c2ccnc(N)c2)nc2cc(Br)ccc21. The fraction of sp³-hybridized carbons (Fsp3) is 0.0769. The van der Waals surface area contributed by atoms with Gasteiger partial charge in [-0.1, -0.05) is 15.9 Å². The van der Waals surface area contributed by atoms with Crippen molar-refractivity contribution in [3.63, 3.8) is 0 Å². The van der Waals surface area contributed by atoms with Gasteiger partial charge in [-0.2, -0.15) is 0 Å². The van der Waals surface area contributed by atoms with E-state index in [-0.39, 0.29) is 0 Å². The minimum absolute atomic E-state index is 0.501. The maximum absolute atomic E-state index is 5.71. The van der Waals surface area contributed by atoms with Crippen LogP contribution in [0.25, 0.3) is 22.4 Å². The average Bonchev–Trinajstić information content (AvgIpc) is 2.66. The van der Waals surface area contributed by atoms with Crippen molar-refractivity contribution in [2.75, 3.05) is 5.73 Å². The number of fused-ring (bicyclic) bond motifs is 1. The number of rotatable bonds is 1. The molecule has 2 heterocycles. The summed E-state index contributed by atoms with van der Waals surface area (Å²) in [4.78, 5) is 8.63. The standard InChI is InChI=1S/C13H11BrN4/c1-18-11-3-2-9(14)7-10(11)17-13(18)8-4-5-16-12(15)6-8/h2-7H,1H3,(H2,15,16). The number of nitrogens with zero attached hydrogens (tertiary/aromatic N) is 3. The minimum atomic E-state index is 0.501. The van der Waals surface area contributed by atoms with Gasteiger partial charge in [0.15, 0.2) is 0 Å². The van der Waals surface area contributed by atoms with Crippen LogP contribution in [0.2, 0.25) is 0 Å². The van der Waals surface area contributed by atoms with Gasteiger partial charge in [0.2, 0.25) is 0 Å². The van der Waals surface area contributed by atoms with Crippen molar-refractivity contribution in [3.05, 3.63) is 41.0 Å². The Morgan fingerprint density at radius 1 is 1.22 bits per heavy atom. The molecule has 3 aromatic rings. The van der Waals surface area contributed by atoms with Gasteiger partial charge in [-0.05, 0) is 30.3 Å². The molecule has 0 unspecified atom stereocenters. The summed E-state index contributed by atoms with van der Waals surface area (Å²) in [7, 11) is 2.00. The summed E-state index contributed by atoms with van der Waals surface area (Å²) in [5.74, 6) is 1.39. The van der Waals surface area contributed by atoms with Crippen LogP contribution < -0.4 is 5.73 Å². The van der Waals surface area contributed by atoms with Crippen LogP contribution in [0.1, 0.15) is 0 Å². The lowest BCUT2D eigenvalue weighted by atomic mass is 10.2. The van der Waals surface area contributed by atoms with E-state index in [9.17, 15) is 0 Å². The fourth-order valence-corrected chi connectivity index (χ4v) is 2.37. The molecular formula is C13H11BrN4. The van der Waals surface area contributed by atoms with Gasteiger partial charge in [0.05, 0.1) is 11.0 Å². The Bertz CT molecular complexity index is 733. The Labute approximate surface area is 113 Å². The minimum Gasteiger partial charge on any atom is -0.384 e. The van der Waals surface area contributed by atoms with Crippen LogP contribution >= 0.6 is 15.9 Å². The Kier molecular flexibility index (Phi) is 2.56. The van der Waals surface area contributed by atoms with E-state index in [2.05, 4.69) is 30.5 Å². The molecule has 1 aromatic carbocycles. The summed E-state index contributed by atoms with van der Waals surface area (Å²) in [6, 6.07) is 9.79. The van der Waals surface area contributed by atoms with E-state index in [0.29, 0.717) is 5.82 Å². The summed E-state index contributed by atoms with van der Waals surface area (Å²) in [5, 5.41) is 0. The molecule has 0 radical (unpaired) electrons. The predicted molar refractivity (Wildman–Crippen MR) is 76.1 cm³/mol. The second-order valence-corrected chi connectivity index (χ2v) is 5.01. The second kappa shape index (κ2) is 4.10. The molecule has 0 spiro atoms. The number of pyridine rings is 1. The van der Waals surface area contributed by atoms with Gasteiger partial charge < -0.3 is 10.3 Å². The molecule has 2 N–H and O–H groups in total. The first-order valence-electron chi connectivity index (χ1n) is 5.49. The van der Waals surface area contributed by atoms with Gasteiger partial charge in [0, 0.05) is 23.3 Å². The lowest BCUT2D eigenvalue weighted by Gasteiger charge is -2.02. The molecule has 3 rings (SSSR count). The Morgan fingerprint density at radius 3 is 2.83 bits per heavy atom. The van der Waals surface area contributed by atoms with E-state index in [1.807, 2.05) is 37.4 Å². The molecule has 4 nitrogen and oxygen atoms in total. The van der Waals surface area contributed by atoms with Gasteiger partial charge in [-0.15, -0.1) is 0 Å². The number of hydrogen-bond acceptors (Lipinski definition) is 3. The van der Waals surface area contributed by atoms with Gasteiger partial charge in [-0.25, -0.2) is 9.97 Å². The highest BCUT2D eigenvalue weighted by Crippen LogP contribution is 2.26. The maximum atomic E-state index is 5.71. The predicted octanol–water partition coefficient (Wildman–Crippen LogP) is 2.98. The van der Waals surface area contributed by atoms with Crippen LogP contribution in [0.3, 0.4) is 0 Å². The molecule has 0 aliphatic carbocycles. The smallest absolute Gasteiger partial charge is 0.141 e. The summed E-state index contributed by atoms with van der Waals surface area (Å²) in [6.45, 7) is 0. The first kappa shape index (κ1) is 11.2. The van der Waals surface area contributed by atoms with Gasteiger partial charge >= 0.3 is 0 Å². The van der Waals surface area contributed by atoms with E-state index in [0.717, 1.165) is 26.9 Å². The lowest BCUT2D eigenvalue weighted by molar-refractivity contribution is 0.959. The zero-order valence-electron chi connectivity index (χ0n) is 9.76. The number of hydrogen-bond donors (Lipinski definition) is 1. The summed E-state index contributed by atoms with van der Waals surface area (Å²) < 4.78 is 3.07. The molecule has 0 saturated carbocycles. The van der Waals surface area contributed by atoms with Gasteiger partial charge in [0.25, 0.3) is 0 Å². The molecule has 0 aliphatic rings. The third-order valence-electron chi connectivity index (χ3n) is 2.88. The summed E-state index contributed by atoms with van der Waals surface area (Å²) >= 11 is 3.45. The van der Waals surface area contributed by atoms with Crippen molar-refractivity contribution in [1.82, 2.24) is 14.5 Å². The number of aromatic nitrogens is 3. The molecule has 0 aliphatic heterocycles. The molecule has 0 saturated heterocycles. The molecule has 5 heteroatoms. The summed E-state index contributed by atoms with van der Waals surface area (Å²) in [5.41, 5.74) is 8.72. The van der Waals surface area contributed by atoms with E-state index >= 15 is 0 Å². The number of imidazole rings is 1. The molecule has 0 bridgehead atoms. The Balaban J connectivity index is 2.27. The molecule has 90 valence electrons. The zero-order valence-corrected chi connectivity index (χ0v) is 11.3. The largest absolute Gasteiger partial charge is 0.384 e. The van der Waals surface area contributed by atoms with Crippen molar-refractivity contribution in [2.45, 2.75) is 0 Å². The van der Waals surface area contributed by atoms with Crippen molar-refractivity contribution < 1.29 is 0 Å². The molecule has 0 atom stereocenters. The number of nitrogen functional groups attached to an aromatic ring is 1. The van der Waals surface area contributed by atoms with Crippen LogP contribution in [0.4, 0.5) is 5.82 Å². The normalized spacial score (nSPS) is 11.0. The number of halogens is 1. The highest BCUT2D eigenvalue weighted by molar-refractivity contribution is 9.10. The van der Waals surface area contributed by atoms with E-state index in [1.165, 1.54) is 0 Å². The summed E-state index contributed by atoms with van der Waals surface area (Å²) in [6.07, 6.45) is 1.69. The van der Waals surface area contributed by atoms with E-state index in [4.69, 9.17) is 5.73 Å². The number of aryl methyl sites for hydroxylation is 1. The van der Waals surface area contributed by atoms with E-state index < -0.39 is 0 Å². The topological polar surface area (TPSA) is 56.7 Å². The van der Waals surface area contributed by atoms with Crippen LogP contribution in [0, 0.1) is 0 Å². The molecule has 2 aromatic heterocycles. The third-order valence-corrected chi connectivity index (χ3v) is 3.38. The van der Waals surface area contributed by atoms with Crippen LogP contribution in [-0.4, -0.2) is 14.5 Å². The second-order valence-electron chi connectivity index (χ2n) is 4.10. The first-order valence-corrected chi connectivity index (χ1v) is 6.28. The van der Waals surface area contributed by atoms with Crippen LogP contribution in [-0.2, 0) is 7.05 Å². The lowest BCUT2D eigenvalue weighted by Crippen LogP contribution is -1.95. The van der Waals surface area contributed by atoms with Crippen molar-refractivity contribution in [1.29, 1.82) is 0 Å². The molecular weight excluding hydrogens is 292 g/mol. The first-order chi connectivity index (χ1) is 8.65. The number of nitrogens with two attached hydrogens (primary N) is 1. The average molecular weight is 303 g/mol. The van der Waals surface area contributed by atoms with Gasteiger partial charge in [0.1, 0.15) is 11.6 Å². The third kappa shape index (κ3) is 1.76. The number of anilines is 1. The molecule has 0 amide bonds. The Morgan fingerprint density at radius 2 is 2.06 bits per heavy atom. The van der Waals surface area contributed by atoms with Crippen LogP contribution in [0.5, 0.6) is 0 Å². The van der Waals surface area contributed by atoms with Crippen molar-refractivity contribution >= 4 is 32.8 Å². The van der Waals surface area contributed by atoms with Crippen LogP contribution in [0.15, 0.2) is 41.0 Å². The molecule has 18 heavy (non-hydrogen) atoms. The van der Waals surface area contributed by atoms with Crippen molar-refractivity contribution in [3.8, 4) is 11.4 Å². The monoisotopic (exact) mass is 302 g/mol. The maximum Gasteiger partial charge on any atom is 0.141 e. The highest BCUT2D eigenvalue weighted by atomic mass is 79.9. The fourth-order valence-electron chi connectivity index (χ4n) is 2.02. The molecule has 0 fully saturated rings. The highest BCUT2D eigenvalue weighted by Gasteiger charge is 2.10. The zero-order chi connectivity index (χ0) is 12.7. The van der Waals surface area contributed by atoms with E-state index in [1.54, 1.807) is 6.20 Å². The quantitative estimate of drug-likeness (QED) is 0.752.